The maximum atomic E-state index is 13.0. The number of amides is 1. The molecule has 9 heteroatoms. The standard InChI is InChI=1S/C19H23F3N4O.ClH/c1-2-11-25(15-6-9-23-10-7-15)18(27)17-8-12-26(24-17)16-5-3-4-14(13-16)19(20,21)22;/h3-5,8,12-13,15,23H,2,6-7,9-11H2,1H3;1H. The molecule has 0 spiro atoms. The van der Waals surface area contributed by atoms with Gasteiger partial charge in [-0.25, -0.2) is 4.68 Å². The van der Waals surface area contributed by atoms with Crippen molar-refractivity contribution in [1.82, 2.24) is 20.0 Å². The summed E-state index contributed by atoms with van der Waals surface area (Å²) in [5.41, 5.74) is -0.224. The molecule has 2 aromatic rings. The number of alkyl halides is 3. The van der Waals surface area contributed by atoms with Crippen LogP contribution < -0.4 is 5.32 Å². The lowest BCUT2D eigenvalue weighted by Gasteiger charge is -2.34. The SMILES string of the molecule is CCCN(C(=O)c1ccn(-c2cccc(C(F)(F)F)c2)n1)C1CCNCC1.Cl. The van der Waals surface area contributed by atoms with E-state index in [0.717, 1.165) is 44.5 Å². The van der Waals surface area contributed by atoms with E-state index in [2.05, 4.69) is 10.4 Å². The number of nitrogens with zero attached hydrogens (tertiary/aromatic N) is 3. The second-order valence-corrected chi connectivity index (χ2v) is 6.67. The van der Waals surface area contributed by atoms with Crippen LogP contribution in [0.15, 0.2) is 36.5 Å². The van der Waals surface area contributed by atoms with Gasteiger partial charge in [0.2, 0.25) is 0 Å². The highest BCUT2D eigenvalue weighted by molar-refractivity contribution is 5.92. The van der Waals surface area contributed by atoms with Crippen LogP contribution in [0.3, 0.4) is 0 Å². The maximum Gasteiger partial charge on any atom is 0.416 e. The van der Waals surface area contributed by atoms with Crippen molar-refractivity contribution in [2.45, 2.75) is 38.4 Å². The van der Waals surface area contributed by atoms with Crippen LogP contribution in [0.5, 0.6) is 0 Å². The minimum absolute atomic E-state index is 0. The quantitative estimate of drug-likeness (QED) is 0.803. The maximum absolute atomic E-state index is 13.0. The summed E-state index contributed by atoms with van der Waals surface area (Å²) in [6, 6.07) is 6.63. The monoisotopic (exact) mass is 416 g/mol. The van der Waals surface area contributed by atoms with Gasteiger partial charge in [0.15, 0.2) is 5.69 Å². The molecule has 154 valence electrons. The fraction of sp³-hybridized carbons (Fsp3) is 0.474. The first-order valence-electron chi connectivity index (χ1n) is 9.15. The van der Waals surface area contributed by atoms with Gasteiger partial charge in [-0.05, 0) is 56.6 Å². The predicted molar refractivity (Wildman–Crippen MR) is 103 cm³/mol. The van der Waals surface area contributed by atoms with Crippen molar-refractivity contribution in [3.8, 4) is 5.69 Å². The molecule has 1 amide bonds. The molecule has 1 fully saturated rings. The fourth-order valence-electron chi connectivity index (χ4n) is 3.36. The number of hydrogen-bond donors (Lipinski definition) is 1. The van der Waals surface area contributed by atoms with E-state index in [1.807, 2.05) is 11.8 Å². The molecule has 1 aliphatic rings. The molecule has 28 heavy (non-hydrogen) atoms. The van der Waals surface area contributed by atoms with E-state index in [-0.39, 0.29) is 35.7 Å². The van der Waals surface area contributed by atoms with Gasteiger partial charge in [0, 0.05) is 18.8 Å². The third kappa shape index (κ3) is 5.05. The molecule has 0 bridgehead atoms. The Hall–Kier alpha value is -2.06. The van der Waals surface area contributed by atoms with Gasteiger partial charge in [0.05, 0.1) is 11.3 Å². The van der Waals surface area contributed by atoms with E-state index in [9.17, 15) is 18.0 Å². The van der Waals surface area contributed by atoms with Crippen molar-refractivity contribution in [2.75, 3.05) is 19.6 Å². The summed E-state index contributed by atoms with van der Waals surface area (Å²) in [5.74, 6) is -0.172. The van der Waals surface area contributed by atoms with Crippen LogP contribution in [0.2, 0.25) is 0 Å². The number of piperidine rings is 1. The molecule has 0 unspecified atom stereocenters. The molecule has 5 nitrogen and oxygen atoms in total. The molecule has 2 heterocycles. The summed E-state index contributed by atoms with van der Waals surface area (Å²) in [6.07, 6.45) is -0.284. The highest BCUT2D eigenvalue weighted by Gasteiger charge is 2.31. The van der Waals surface area contributed by atoms with Crippen molar-refractivity contribution in [1.29, 1.82) is 0 Å². The van der Waals surface area contributed by atoms with Gasteiger partial charge in [-0.3, -0.25) is 4.79 Å². The number of nitrogens with one attached hydrogen (secondary N) is 1. The number of aromatic nitrogens is 2. The van der Waals surface area contributed by atoms with Crippen LogP contribution in [0.4, 0.5) is 13.2 Å². The summed E-state index contributed by atoms with van der Waals surface area (Å²) < 4.78 is 40.1. The lowest BCUT2D eigenvalue weighted by molar-refractivity contribution is -0.137. The number of rotatable bonds is 5. The molecule has 0 radical (unpaired) electrons. The first-order valence-corrected chi connectivity index (χ1v) is 9.15. The van der Waals surface area contributed by atoms with Gasteiger partial charge in [-0.15, -0.1) is 12.4 Å². The number of benzene rings is 1. The normalized spacial score (nSPS) is 15.1. The van der Waals surface area contributed by atoms with Crippen LogP contribution in [-0.4, -0.2) is 46.3 Å². The number of halogens is 4. The van der Waals surface area contributed by atoms with Gasteiger partial charge in [-0.2, -0.15) is 18.3 Å². The lowest BCUT2D eigenvalue weighted by atomic mass is 10.0. The van der Waals surface area contributed by atoms with Crippen LogP contribution in [0, 0.1) is 0 Å². The van der Waals surface area contributed by atoms with Gasteiger partial charge in [0.1, 0.15) is 0 Å². The molecule has 1 aliphatic heterocycles. The van der Waals surface area contributed by atoms with Gasteiger partial charge < -0.3 is 10.2 Å². The summed E-state index contributed by atoms with van der Waals surface area (Å²) in [4.78, 5) is 14.8. The lowest BCUT2D eigenvalue weighted by Crippen LogP contribution is -2.46. The van der Waals surface area contributed by atoms with Crippen molar-refractivity contribution in [3.63, 3.8) is 0 Å². The minimum Gasteiger partial charge on any atom is -0.334 e. The predicted octanol–water partition coefficient (Wildman–Crippen LogP) is 3.92. The Bertz CT molecular complexity index is 787. The molecule has 3 rings (SSSR count). The summed E-state index contributed by atoms with van der Waals surface area (Å²) in [7, 11) is 0. The highest BCUT2D eigenvalue weighted by atomic mass is 35.5. The van der Waals surface area contributed by atoms with Crippen LogP contribution in [-0.2, 0) is 6.18 Å². The average Bonchev–Trinajstić information content (AvgIpc) is 3.16. The van der Waals surface area contributed by atoms with Crippen LogP contribution in [0.25, 0.3) is 5.69 Å². The summed E-state index contributed by atoms with van der Waals surface area (Å²) in [5, 5.41) is 7.53. The summed E-state index contributed by atoms with van der Waals surface area (Å²) in [6.45, 7) is 4.40. The van der Waals surface area contributed by atoms with E-state index >= 15 is 0 Å². The Balaban J connectivity index is 0.00000280. The third-order valence-corrected chi connectivity index (χ3v) is 4.72. The van der Waals surface area contributed by atoms with E-state index in [4.69, 9.17) is 0 Å². The Labute approximate surface area is 168 Å². The first kappa shape index (κ1) is 22.2. The number of hydrogen-bond acceptors (Lipinski definition) is 3. The van der Waals surface area contributed by atoms with E-state index < -0.39 is 11.7 Å². The Morgan fingerprint density at radius 2 is 2.00 bits per heavy atom. The smallest absolute Gasteiger partial charge is 0.334 e. The van der Waals surface area contributed by atoms with Crippen molar-refractivity contribution < 1.29 is 18.0 Å². The zero-order chi connectivity index (χ0) is 19.4. The summed E-state index contributed by atoms with van der Waals surface area (Å²) >= 11 is 0. The average molecular weight is 417 g/mol. The van der Waals surface area contributed by atoms with E-state index in [1.165, 1.54) is 23.0 Å². The molecular weight excluding hydrogens is 393 g/mol. The van der Waals surface area contributed by atoms with E-state index in [0.29, 0.717) is 6.54 Å². The second kappa shape index (κ2) is 9.43. The van der Waals surface area contributed by atoms with Crippen molar-refractivity contribution >= 4 is 18.3 Å². The second-order valence-electron chi connectivity index (χ2n) is 6.67. The van der Waals surface area contributed by atoms with Crippen molar-refractivity contribution in [2.24, 2.45) is 0 Å². The van der Waals surface area contributed by atoms with Crippen LogP contribution >= 0.6 is 12.4 Å². The number of carbonyl (C=O) groups is 1. The molecule has 1 saturated heterocycles. The fourth-order valence-corrected chi connectivity index (χ4v) is 3.36. The topological polar surface area (TPSA) is 50.2 Å². The third-order valence-electron chi connectivity index (χ3n) is 4.72. The molecule has 0 aliphatic carbocycles. The Kier molecular flexibility index (Phi) is 7.48. The highest BCUT2D eigenvalue weighted by Crippen LogP contribution is 2.30. The first-order chi connectivity index (χ1) is 12.9. The van der Waals surface area contributed by atoms with E-state index in [1.54, 1.807) is 6.07 Å². The molecule has 0 atom stereocenters. The van der Waals surface area contributed by atoms with Gasteiger partial charge in [0.25, 0.3) is 5.91 Å². The zero-order valence-electron chi connectivity index (χ0n) is 15.6. The zero-order valence-corrected chi connectivity index (χ0v) is 16.4. The van der Waals surface area contributed by atoms with Gasteiger partial charge in [-0.1, -0.05) is 13.0 Å². The van der Waals surface area contributed by atoms with Crippen molar-refractivity contribution in [3.05, 3.63) is 47.8 Å². The molecular formula is C19H24ClF3N4O. The molecule has 0 saturated carbocycles. The molecule has 1 aromatic heterocycles. The Morgan fingerprint density at radius 3 is 2.64 bits per heavy atom. The van der Waals surface area contributed by atoms with Gasteiger partial charge >= 0.3 is 6.18 Å². The minimum atomic E-state index is -4.42. The van der Waals surface area contributed by atoms with Crippen LogP contribution in [0.1, 0.15) is 42.2 Å². The number of carbonyl (C=O) groups excluding carboxylic acids is 1. The largest absolute Gasteiger partial charge is 0.416 e. The Morgan fingerprint density at radius 1 is 1.29 bits per heavy atom. The molecule has 1 aromatic carbocycles. The molecule has 1 N–H and O–H groups in total.